The van der Waals surface area contributed by atoms with Gasteiger partial charge >= 0.3 is 0 Å². The van der Waals surface area contributed by atoms with Crippen LogP contribution in [0.25, 0.3) is 0 Å². The molecule has 1 fully saturated rings. The number of nitrogens with zero attached hydrogens (tertiary/aromatic N) is 1. The molecule has 0 radical (unpaired) electrons. The zero-order valence-electron chi connectivity index (χ0n) is 10.7. The third-order valence-corrected chi connectivity index (χ3v) is 3.65. The molecule has 0 spiro atoms. The molecule has 0 aromatic heterocycles. The Morgan fingerprint density at radius 3 is 2.83 bits per heavy atom. The summed E-state index contributed by atoms with van der Waals surface area (Å²) in [5.74, 6) is 0.218. The molecular formula is C15H21NO2. The van der Waals surface area contributed by atoms with Gasteiger partial charge in [-0.1, -0.05) is 30.3 Å². The first-order chi connectivity index (χ1) is 8.81. The van der Waals surface area contributed by atoms with Crippen LogP contribution >= 0.6 is 0 Å². The first-order valence-corrected chi connectivity index (χ1v) is 6.74. The highest BCUT2D eigenvalue weighted by Crippen LogP contribution is 2.17. The van der Waals surface area contributed by atoms with Gasteiger partial charge in [-0.15, -0.1) is 0 Å². The Morgan fingerprint density at radius 1 is 1.33 bits per heavy atom. The van der Waals surface area contributed by atoms with Crippen LogP contribution in [0.15, 0.2) is 30.3 Å². The Morgan fingerprint density at radius 2 is 2.11 bits per heavy atom. The summed E-state index contributed by atoms with van der Waals surface area (Å²) >= 11 is 0. The highest BCUT2D eigenvalue weighted by molar-refractivity contribution is 5.95. The highest BCUT2D eigenvalue weighted by atomic mass is 16.3. The number of benzene rings is 1. The number of carbonyl (C=O) groups is 1. The van der Waals surface area contributed by atoms with E-state index in [9.17, 15) is 9.90 Å². The minimum atomic E-state index is 0.218. The van der Waals surface area contributed by atoms with Crippen molar-refractivity contribution in [3.8, 4) is 0 Å². The molecule has 0 saturated carbocycles. The van der Waals surface area contributed by atoms with E-state index in [0.717, 1.165) is 37.9 Å². The summed E-state index contributed by atoms with van der Waals surface area (Å²) < 4.78 is 0. The first-order valence-electron chi connectivity index (χ1n) is 6.74. The molecule has 1 aromatic rings. The summed E-state index contributed by atoms with van der Waals surface area (Å²) in [4.78, 5) is 14.2. The molecule has 0 bridgehead atoms. The topological polar surface area (TPSA) is 40.5 Å². The van der Waals surface area contributed by atoms with Crippen molar-refractivity contribution in [2.75, 3.05) is 19.7 Å². The lowest BCUT2D eigenvalue weighted by molar-refractivity contribution is 0.0969. The highest BCUT2D eigenvalue weighted by Gasteiger charge is 2.22. The van der Waals surface area contributed by atoms with Crippen LogP contribution < -0.4 is 0 Å². The molecule has 1 saturated heterocycles. The van der Waals surface area contributed by atoms with Crippen molar-refractivity contribution in [1.29, 1.82) is 0 Å². The maximum atomic E-state index is 11.9. The second-order valence-electron chi connectivity index (χ2n) is 4.91. The Bertz CT molecular complexity index is 377. The zero-order chi connectivity index (χ0) is 12.8. The van der Waals surface area contributed by atoms with Gasteiger partial charge in [-0.3, -0.25) is 9.69 Å². The van der Waals surface area contributed by atoms with E-state index >= 15 is 0 Å². The quantitative estimate of drug-likeness (QED) is 0.783. The summed E-state index contributed by atoms with van der Waals surface area (Å²) in [5, 5.41) is 9.21. The van der Waals surface area contributed by atoms with Crippen molar-refractivity contribution in [1.82, 2.24) is 4.90 Å². The number of hydrogen-bond acceptors (Lipinski definition) is 3. The van der Waals surface area contributed by atoms with Crippen molar-refractivity contribution in [3.63, 3.8) is 0 Å². The number of aliphatic hydroxyl groups excluding tert-OH is 1. The van der Waals surface area contributed by atoms with Gasteiger partial charge in [-0.2, -0.15) is 0 Å². The molecule has 3 heteroatoms. The van der Waals surface area contributed by atoms with Crippen LogP contribution in [-0.4, -0.2) is 41.5 Å². The lowest BCUT2D eigenvalue weighted by Crippen LogP contribution is -2.33. The minimum Gasteiger partial charge on any atom is -0.395 e. The standard InChI is InChI=1S/C15H21NO2/c17-12-14-8-4-10-16(14)11-5-9-15(18)13-6-2-1-3-7-13/h1-3,6-7,14,17H,4-5,8-12H2/t14-/m0/s1. The van der Waals surface area contributed by atoms with Gasteiger partial charge in [0, 0.05) is 18.0 Å². The van der Waals surface area contributed by atoms with Gasteiger partial charge in [-0.05, 0) is 32.4 Å². The SMILES string of the molecule is O=C(CCCN1CCC[C@H]1CO)c1ccccc1. The van der Waals surface area contributed by atoms with E-state index in [2.05, 4.69) is 4.90 Å². The molecule has 0 amide bonds. The normalized spacial score (nSPS) is 20.2. The van der Waals surface area contributed by atoms with Gasteiger partial charge < -0.3 is 5.11 Å². The Labute approximate surface area is 108 Å². The average Bonchev–Trinajstić information content (AvgIpc) is 2.87. The Balaban J connectivity index is 1.74. The number of ketones is 1. The van der Waals surface area contributed by atoms with Gasteiger partial charge in [-0.25, -0.2) is 0 Å². The van der Waals surface area contributed by atoms with E-state index in [0.29, 0.717) is 12.5 Å². The van der Waals surface area contributed by atoms with E-state index in [4.69, 9.17) is 0 Å². The molecule has 1 aromatic carbocycles. The van der Waals surface area contributed by atoms with Crippen molar-refractivity contribution in [3.05, 3.63) is 35.9 Å². The number of hydrogen-bond donors (Lipinski definition) is 1. The molecule has 3 nitrogen and oxygen atoms in total. The molecular weight excluding hydrogens is 226 g/mol. The van der Waals surface area contributed by atoms with Crippen molar-refractivity contribution >= 4 is 5.78 Å². The van der Waals surface area contributed by atoms with Crippen molar-refractivity contribution < 1.29 is 9.90 Å². The maximum Gasteiger partial charge on any atom is 0.162 e. The van der Waals surface area contributed by atoms with Crippen LogP contribution in [0, 0.1) is 0 Å². The third-order valence-electron chi connectivity index (χ3n) is 3.65. The maximum absolute atomic E-state index is 11.9. The fraction of sp³-hybridized carbons (Fsp3) is 0.533. The zero-order valence-corrected chi connectivity index (χ0v) is 10.7. The van der Waals surface area contributed by atoms with E-state index in [-0.39, 0.29) is 12.4 Å². The van der Waals surface area contributed by atoms with E-state index in [1.54, 1.807) is 0 Å². The molecule has 0 aliphatic carbocycles. The minimum absolute atomic E-state index is 0.218. The van der Waals surface area contributed by atoms with Gasteiger partial charge in [0.15, 0.2) is 5.78 Å². The largest absolute Gasteiger partial charge is 0.395 e. The molecule has 1 heterocycles. The monoisotopic (exact) mass is 247 g/mol. The van der Waals surface area contributed by atoms with Crippen molar-refractivity contribution in [2.45, 2.75) is 31.7 Å². The molecule has 2 rings (SSSR count). The van der Waals surface area contributed by atoms with Crippen molar-refractivity contribution in [2.24, 2.45) is 0 Å². The molecule has 98 valence electrons. The Kier molecular flexibility index (Phi) is 4.90. The fourth-order valence-electron chi connectivity index (χ4n) is 2.61. The average molecular weight is 247 g/mol. The summed E-state index contributed by atoms with van der Waals surface area (Å²) in [5.41, 5.74) is 0.803. The van der Waals surface area contributed by atoms with Gasteiger partial charge in [0.05, 0.1) is 6.61 Å². The summed E-state index contributed by atoms with van der Waals surface area (Å²) in [7, 11) is 0. The van der Waals surface area contributed by atoms with E-state index in [1.807, 2.05) is 30.3 Å². The number of Topliss-reactive ketones (excluding diaryl/α,β-unsaturated/α-hetero) is 1. The summed E-state index contributed by atoms with van der Waals surface area (Å²) in [6.07, 6.45) is 3.73. The smallest absolute Gasteiger partial charge is 0.162 e. The van der Waals surface area contributed by atoms with E-state index < -0.39 is 0 Å². The molecule has 1 atom stereocenters. The van der Waals surface area contributed by atoms with Crippen LogP contribution in [0.2, 0.25) is 0 Å². The van der Waals surface area contributed by atoms with Crippen LogP contribution in [0.1, 0.15) is 36.0 Å². The molecule has 1 N–H and O–H groups in total. The fourth-order valence-corrected chi connectivity index (χ4v) is 2.61. The third kappa shape index (κ3) is 3.40. The summed E-state index contributed by atoms with van der Waals surface area (Å²) in [6, 6.07) is 9.78. The van der Waals surface area contributed by atoms with Crippen LogP contribution in [-0.2, 0) is 0 Å². The predicted molar refractivity (Wildman–Crippen MR) is 71.7 cm³/mol. The number of rotatable bonds is 6. The van der Waals surface area contributed by atoms with Gasteiger partial charge in [0.25, 0.3) is 0 Å². The second-order valence-corrected chi connectivity index (χ2v) is 4.91. The van der Waals surface area contributed by atoms with Gasteiger partial charge in [0.2, 0.25) is 0 Å². The van der Waals surface area contributed by atoms with Crippen LogP contribution in [0.3, 0.4) is 0 Å². The molecule has 18 heavy (non-hydrogen) atoms. The van der Waals surface area contributed by atoms with E-state index in [1.165, 1.54) is 0 Å². The first kappa shape index (κ1) is 13.2. The lowest BCUT2D eigenvalue weighted by atomic mass is 10.1. The predicted octanol–water partition coefficient (Wildman–Crippen LogP) is 2.11. The second kappa shape index (κ2) is 6.66. The molecule has 1 aliphatic rings. The number of carbonyl (C=O) groups excluding carboxylic acids is 1. The molecule has 0 unspecified atom stereocenters. The van der Waals surface area contributed by atoms with Crippen LogP contribution in [0.5, 0.6) is 0 Å². The Hall–Kier alpha value is -1.19. The number of aliphatic hydroxyl groups is 1. The summed E-state index contributed by atoms with van der Waals surface area (Å²) in [6.45, 7) is 2.22. The molecule has 1 aliphatic heterocycles. The number of likely N-dealkylation sites (tertiary alicyclic amines) is 1. The van der Waals surface area contributed by atoms with Gasteiger partial charge in [0.1, 0.15) is 0 Å². The lowest BCUT2D eigenvalue weighted by Gasteiger charge is -2.22. The van der Waals surface area contributed by atoms with Crippen LogP contribution in [0.4, 0.5) is 0 Å².